The number of aromatic hydroxyl groups is 1. The highest BCUT2D eigenvalue weighted by atomic mass is 16.3. The molecule has 3 heteroatoms. The molecule has 0 bridgehead atoms. The van der Waals surface area contributed by atoms with Gasteiger partial charge >= 0.3 is 0 Å². The Morgan fingerprint density at radius 2 is 1.59 bits per heavy atom. The van der Waals surface area contributed by atoms with Gasteiger partial charge in [0.1, 0.15) is 5.75 Å². The third-order valence-corrected chi connectivity index (χ3v) is 3.96. The summed E-state index contributed by atoms with van der Waals surface area (Å²) in [6.07, 6.45) is 1.47. The summed E-state index contributed by atoms with van der Waals surface area (Å²) in [5.74, 6) is 0.216. The monoisotopic (exact) mass is 299 g/mol. The minimum atomic E-state index is -0.584. The molecule has 2 rings (SSSR count). The molecular formula is C19H25NO2. The maximum Gasteiger partial charge on any atom is 0.115 e. The number of rotatable bonds is 7. The predicted molar refractivity (Wildman–Crippen MR) is 89.9 cm³/mol. The van der Waals surface area contributed by atoms with E-state index in [0.717, 1.165) is 18.4 Å². The molecule has 0 heterocycles. The second-order valence-corrected chi connectivity index (χ2v) is 5.92. The second kappa shape index (κ2) is 7.97. The second-order valence-electron chi connectivity index (χ2n) is 5.92. The van der Waals surface area contributed by atoms with Gasteiger partial charge < -0.3 is 15.5 Å². The van der Waals surface area contributed by atoms with Crippen LogP contribution in [-0.2, 0) is 6.42 Å². The standard InChI is InChI=1S/C19H25NO2/c1-14(8-9-16-6-4-3-5-7-16)20-15(2)19(22)17-10-12-18(21)13-11-17/h3-7,10-15,19-22H,8-9H2,1-2H3/t14?,15-,19-/m0/s1. The number of nitrogens with one attached hydrogen (secondary N) is 1. The summed E-state index contributed by atoms with van der Waals surface area (Å²) in [6, 6.07) is 17.4. The van der Waals surface area contributed by atoms with Gasteiger partial charge in [0.25, 0.3) is 0 Å². The first-order chi connectivity index (χ1) is 10.6. The predicted octanol–water partition coefficient (Wildman–Crippen LogP) is 3.43. The Hall–Kier alpha value is -1.84. The summed E-state index contributed by atoms with van der Waals surface area (Å²) in [5.41, 5.74) is 2.15. The van der Waals surface area contributed by atoms with E-state index < -0.39 is 6.10 Å². The number of hydrogen-bond donors (Lipinski definition) is 3. The number of aliphatic hydroxyl groups is 1. The summed E-state index contributed by atoms with van der Waals surface area (Å²) in [7, 11) is 0. The molecule has 118 valence electrons. The Labute approximate surface area is 132 Å². The molecule has 0 aliphatic heterocycles. The Balaban J connectivity index is 1.82. The zero-order valence-corrected chi connectivity index (χ0v) is 13.2. The maximum atomic E-state index is 10.4. The molecule has 1 unspecified atom stereocenters. The van der Waals surface area contributed by atoms with Gasteiger partial charge in [0.05, 0.1) is 6.10 Å². The summed E-state index contributed by atoms with van der Waals surface area (Å²) in [6.45, 7) is 4.12. The topological polar surface area (TPSA) is 52.5 Å². The van der Waals surface area contributed by atoms with Gasteiger partial charge in [-0.1, -0.05) is 42.5 Å². The number of aliphatic hydroxyl groups excluding tert-OH is 1. The van der Waals surface area contributed by atoms with Gasteiger partial charge in [-0.3, -0.25) is 0 Å². The van der Waals surface area contributed by atoms with E-state index in [4.69, 9.17) is 0 Å². The fourth-order valence-electron chi connectivity index (χ4n) is 2.61. The smallest absolute Gasteiger partial charge is 0.115 e. The van der Waals surface area contributed by atoms with Crippen LogP contribution >= 0.6 is 0 Å². The van der Waals surface area contributed by atoms with E-state index in [1.807, 2.05) is 13.0 Å². The van der Waals surface area contributed by atoms with Gasteiger partial charge in [-0.15, -0.1) is 0 Å². The van der Waals surface area contributed by atoms with E-state index >= 15 is 0 Å². The largest absolute Gasteiger partial charge is 0.508 e. The molecule has 0 aliphatic carbocycles. The van der Waals surface area contributed by atoms with Crippen molar-refractivity contribution in [1.82, 2.24) is 5.32 Å². The molecule has 0 saturated carbocycles. The summed E-state index contributed by atoms with van der Waals surface area (Å²) < 4.78 is 0. The highest BCUT2D eigenvalue weighted by molar-refractivity contribution is 5.27. The van der Waals surface area contributed by atoms with E-state index in [2.05, 4.69) is 36.5 Å². The van der Waals surface area contributed by atoms with Crippen molar-refractivity contribution in [3.05, 3.63) is 65.7 Å². The molecule has 3 N–H and O–H groups in total. The van der Waals surface area contributed by atoms with Crippen LogP contribution < -0.4 is 5.32 Å². The average molecular weight is 299 g/mol. The fraction of sp³-hybridized carbons (Fsp3) is 0.368. The van der Waals surface area contributed by atoms with Crippen LogP contribution in [0.4, 0.5) is 0 Å². The summed E-state index contributed by atoms with van der Waals surface area (Å²) >= 11 is 0. The van der Waals surface area contributed by atoms with Crippen molar-refractivity contribution in [2.24, 2.45) is 0 Å². The van der Waals surface area contributed by atoms with Crippen LogP contribution in [-0.4, -0.2) is 22.3 Å². The van der Waals surface area contributed by atoms with E-state index in [-0.39, 0.29) is 11.8 Å². The van der Waals surface area contributed by atoms with Crippen molar-refractivity contribution in [2.45, 2.75) is 44.9 Å². The third kappa shape index (κ3) is 4.86. The van der Waals surface area contributed by atoms with E-state index in [1.54, 1.807) is 24.3 Å². The molecule has 0 aromatic heterocycles. The molecule has 0 aliphatic rings. The van der Waals surface area contributed by atoms with Crippen LogP contribution in [0.2, 0.25) is 0 Å². The summed E-state index contributed by atoms with van der Waals surface area (Å²) in [4.78, 5) is 0. The summed E-state index contributed by atoms with van der Waals surface area (Å²) in [5, 5.41) is 23.1. The van der Waals surface area contributed by atoms with Crippen LogP contribution in [0.5, 0.6) is 5.75 Å². The van der Waals surface area contributed by atoms with Gasteiger partial charge in [0, 0.05) is 12.1 Å². The molecule has 0 fully saturated rings. The van der Waals surface area contributed by atoms with Crippen molar-refractivity contribution in [1.29, 1.82) is 0 Å². The number of benzene rings is 2. The number of phenols is 1. The Bertz CT molecular complexity index is 553. The molecule has 22 heavy (non-hydrogen) atoms. The average Bonchev–Trinajstić information content (AvgIpc) is 2.54. The van der Waals surface area contributed by atoms with Gasteiger partial charge in [-0.25, -0.2) is 0 Å². The molecule has 0 amide bonds. The highest BCUT2D eigenvalue weighted by Crippen LogP contribution is 2.20. The van der Waals surface area contributed by atoms with Crippen molar-refractivity contribution in [2.75, 3.05) is 0 Å². The Morgan fingerprint density at radius 3 is 2.23 bits per heavy atom. The van der Waals surface area contributed by atoms with E-state index in [1.165, 1.54) is 5.56 Å². The van der Waals surface area contributed by atoms with Crippen molar-refractivity contribution >= 4 is 0 Å². The normalized spacial score (nSPS) is 15.2. The van der Waals surface area contributed by atoms with E-state index in [0.29, 0.717) is 6.04 Å². The molecule has 0 saturated heterocycles. The van der Waals surface area contributed by atoms with Crippen molar-refractivity contribution in [3.8, 4) is 5.75 Å². The quantitative estimate of drug-likeness (QED) is 0.734. The van der Waals surface area contributed by atoms with Gasteiger partial charge in [0.15, 0.2) is 0 Å². The Morgan fingerprint density at radius 1 is 0.955 bits per heavy atom. The minimum absolute atomic E-state index is 0.0460. The highest BCUT2D eigenvalue weighted by Gasteiger charge is 2.18. The van der Waals surface area contributed by atoms with Crippen LogP contribution in [0.3, 0.4) is 0 Å². The van der Waals surface area contributed by atoms with Crippen LogP contribution in [0.1, 0.15) is 37.5 Å². The molecule has 0 radical (unpaired) electrons. The van der Waals surface area contributed by atoms with Gasteiger partial charge in [-0.05, 0) is 49.9 Å². The lowest BCUT2D eigenvalue weighted by Crippen LogP contribution is -2.38. The maximum absolute atomic E-state index is 10.4. The van der Waals surface area contributed by atoms with Gasteiger partial charge in [-0.2, -0.15) is 0 Å². The zero-order chi connectivity index (χ0) is 15.9. The van der Waals surface area contributed by atoms with Crippen molar-refractivity contribution in [3.63, 3.8) is 0 Å². The molecule has 2 aromatic rings. The molecule has 3 nitrogen and oxygen atoms in total. The zero-order valence-electron chi connectivity index (χ0n) is 13.2. The van der Waals surface area contributed by atoms with Crippen LogP contribution in [0.25, 0.3) is 0 Å². The fourth-order valence-corrected chi connectivity index (χ4v) is 2.61. The lowest BCUT2D eigenvalue weighted by Gasteiger charge is -2.25. The van der Waals surface area contributed by atoms with Crippen molar-refractivity contribution < 1.29 is 10.2 Å². The van der Waals surface area contributed by atoms with Gasteiger partial charge in [0.2, 0.25) is 0 Å². The third-order valence-electron chi connectivity index (χ3n) is 3.96. The molecule has 0 spiro atoms. The first-order valence-corrected chi connectivity index (χ1v) is 7.83. The first kappa shape index (κ1) is 16.5. The minimum Gasteiger partial charge on any atom is -0.508 e. The first-order valence-electron chi connectivity index (χ1n) is 7.83. The molecule has 2 aromatic carbocycles. The van der Waals surface area contributed by atoms with E-state index in [9.17, 15) is 10.2 Å². The number of hydrogen-bond acceptors (Lipinski definition) is 3. The number of aryl methyl sites for hydroxylation is 1. The Kier molecular flexibility index (Phi) is 5.99. The molecular weight excluding hydrogens is 274 g/mol. The SMILES string of the molecule is CC(CCc1ccccc1)N[C@@H](C)[C@H](O)c1ccc(O)cc1. The molecule has 3 atom stereocenters. The van der Waals surface area contributed by atoms with Crippen LogP contribution in [0.15, 0.2) is 54.6 Å². The lowest BCUT2D eigenvalue weighted by molar-refractivity contribution is 0.129. The van der Waals surface area contributed by atoms with Crippen LogP contribution in [0, 0.1) is 0 Å². The lowest BCUT2D eigenvalue weighted by atomic mass is 10.0. The number of phenolic OH excluding ortho intramolecular Hbond substituents is 1.